The standard InChI is InChI=1S/C14H27N2O7P/c1-11(2)23-24(19,20)22-9-13(21-5)8-12(3)16(4)7-6-14(18)15-10-17/h6-7,10-13H,8-9H2,1-5H3,(H,19,20)(H,15,17,18)/b7-6-. The van der Waals surface area contributed by atoms with E-state index in [1.165, 1.54) is 19.4 Å². The number of phosphoric ester groups is 1. The third-order valence-electron chi connectivity index (χ3n) is 3.06. The normalized spacial score (nSPS) is 16.6. The summed E-state index contributed by atoms with van der Waals surface area (Å²) in [6, 6.07) is -0.0528. The monoisotopic (exact) mass is 366 g/mol. The molecule has 0 radical (unpaired) electrons. The molecule has 0 saturated heterocycles. The number of carbonyl (C=O) groups is 2. The molecule has 24 heavy (non-hydrogen) atoms. The molecule has 2 amide bonds. The van der Waals surface area contributed by atoms with E-state index in [1.54, 1.807) is 25.8 Å². The van der Waals surface area contributed by atoms with Crippen molar-refractivity contribution in [3.8, 4) is 0 Å². The van der Waals surface area contributed by atoms with E-state index >= 15 is 0 Å². The second-order valence-corrected chi connectivity index (χ2v) is 6.87. The fourth-order valence-electron chi connectivity index (χ4n) is 1.69. The highest BCUT2D eigenvalue weighted by Crippen LogP contribution is 2.44. The number of amides is 2. The number of rotatable bonds is 12. The van der Waals surface area contributed by atoms with Crippen molar-refractivity contribution >= 4 is 20.1 Å². The van der Waals surface area contributed by atoms with Crippen LogP contribution in [0, 0.1) is 0 Å². The van der Waals surface area contributed by atoms with Gasteiger partial charge in [0.15, 0.2) is 0 Å². The number of phosphoric acid groups is 1. The van der Waals surface area contributed by atoms with E-state index in [-0.39, 0.29) is 12.6 Å². The van der Waals surface area contributed by atoms with Gasteiger partial charge >= 0.3 is 7.82 Å². The highest BCUT2D eigenvalue weighted by molar-refractivity contribution is 7.47. The Kier molecular flexibility index (Phi) is 10.7. The first-order valence-electron chi connectivity index (χ1n) is 7.44. The Morgan fingerprint density at radius 3 is 2.50 bits per heavy atom. The smallest absolute Gasteiger partial charge is 0.379 e. The number of nitrogens with one attached hydrogen (secondary N) is 1. The Hall–Kier alpha value is -1.25. The summed E-state index contributed by atoms with van der Waals surface area (Å²) in [6.45, 7) is 5.04. The van der Waals surface area contributed by atoms with E-state index in [0.717, 1.165) is 0 Å². The van der Waals surface area contributed by atoms with Crippen LogP contribution in [-0.2, 0) is 27.9 Å². The Morgan fingerprint density at radius 1 is 1.38 bits per heavy atom. The molecule has 0 saturated carbocycles. The molecule has 9 nitrogen and oxygen atoms in total. The minimum atomic E-state index is -4.11. The summed E-state index contributed by atoms with van der Waals surface area (Å²) in [5, 5.41) is 1.99. The zero-order valence-corrected chi connectivity index (χ0v) is 15.6. The van der Waals surface area contributed by atoms with Gasteiger partial charge in [-0.1, -0.05) is 0 Å². The molecule has 0 bridgehead atoms. The molecule has 0 heterocycles. The Balaban J connectivity index is 4.46. The highest BCUT2D eigenvalue weighted by atomic mass is 31.2. The van der Waals surface area contributed by atoms with Crippen molar-refractivity contribution in [2.45, 2.75) is 45.4 Å². The van der Waals surface area contributed by atoms with Crippen LogP contribution in [0.4, 0.5) is 0 Å². The maximum atomic E-state index is 11.7. The van der Waals surface area contributed by atoms with Crippen molar-refractivity contribution in [3.05, 3.63) is 12.3 Å². The largest absolute Gasteiger partial charge is 0.472 e. The Labute approximate surface area is 142 Å². The van der Waals surface area contributed by atoms with Crippen LogP contribution in [0.15, 0.2) is 12.3 Å². The summed E-state index contributed by atoms with van der Waals surface area (Å²) in [6.07, 6.45) is 2.66. The lowest BCUT2D eigenvalue weighted by Crippen LogP contribution is -2.32. The van der Waals surface area contributed by atoms with E-state index < -0.39 is 25.9 Å². The number of methoxy groups -OCH3 is 1. The van der Waals surface area contributed by atoms with Crippen LogP contribution >= 0.6 is 7.82 Å². The number of hydrogen-bond acceptors (Lipinski definition) is 7. The molecular weight excluding hydrogens is 339 g/mol. The van der Waals surface area contributed by atoms with Crippen LogP contribution in [-0.4, -0.2) is 61.1 Å². The molecule has 0 aromatic rings. The second kappa shape index (κ2) is 11.3. The molecule has 0 rings (SSSR count). The van der Waals surface area contributed by atoms with Crippen LogP contribution in [0.1, 0.15) is 27.2 Å². The summed E-state index contributed by atoms with van der Waals surface area (Å²) in [4.78, 5) is 32.6. The van der Waals surface area contributed by atoms with Gasteiger partial charge in [-0.05, 0) is 27.2 Å². The number of carbonyl (C=O) groups excluding carboxylic acids is 2. The lowest BCUT2D eigenvalue weighted by molar-refractivity contribution is -0.121. The third-order valence-corrected chi connectivity index (χ3v) is 4.23. The van der Waals surface area contributed by atoms with Gasteiger partial charge in [0.25, 0.3) is 5.91 Å². The summed E-state index contributed by atoms with van der Waals surface area (Å²) < 4.78 is 26.7. The van der Waals surface area contributed by atoms with Crippen LogP contribution in [0.25, 0.3) is 0 Å². The molecule has 0 aliphatic carbocycles. The molecule has 0 aromatic heterocycles. The fourth-order valence-corrected chi connectivity index (χ4v) is 2.64. The summed E-state index contributed by atoms with van der Waals surface area (Å²) >= 11 is 0. The van der Waals surface area contributed by atoms with Gasteiger partial charge in [0.2, 0.25) is 6.41 Å². The summed E-state index contributed by atoms with van der Waals surface area (Å²) in [5.74, 6) is -0.525. The quantitative estimate of drug-likeness (QED) is 0.299. The lowest BCUT2D eigenvalue weighted by atomic mass is 10.1. The number of hydrogen-bond donors (Lipinski definition) is 2. The van der Waals surface area contributed by atoms with Gasteiger partial charge in [0.1, 0.15) is 0 Å². The molecule has 10 heteroatoms. The number of ether oxygens (including phenoxy) is 1. The maximum Gasteiger partial charge on any atom is 0.472 e. The molecule has 3 unspecified atom stereocenters. The lowest BCUT2D eigenvalue weighted by Gasteiger charge is -2.27. The van der Waals surface area contributed by atoms with Gasteiger partial charge in [-0.25, -0.2) is 4.57 Å². The van der Waals surface area contributed by atoms with Crippen molar-refractivity contribution in [1.29, 1.82) is 0 Å². The molecule has 140 valence electrons. The van der Waals surface area contributed by atoms with Crippen molar-refractivity contribution in [1.82, 2.24) is 10.2 Å². The summed E-state index contributed by atoms with van der Waals surface area (Å²) in [7, 11) is -0.886. The third kappa shape index (κ3) is 10.5. The Morgan fingerprint density at radius 2 is 2.00 bits per heavy atom. The van der Waals surface area contributed by atoms with Crippen LogP contribution in [0.5, 0.6) is 0 Å². The van der Waals surface area contributed by atoms with E-state index in [1.807, 2.05) is 12.2 Å². The fraction of sp³-hybridized carbons (Fsp3) is 0.714. The molecule has 0 fully saturated rings. The van der Waals surface area contributed by atoms with E-state index in [4.69, 9.17) is 13.8 Å². The molecule has 0 aliphatic rings. The Bertz CT molecular complexity index is 470. The van der Waals surface area contributed by atoms with Gasteiger partial charge in [-0.3, -0.25) is 24.0 Å². The van der Waals surface area contributed by atoms with Crippen LogP contribution < -0.4 is 5.32 Å². The maximum absolute atomic E-state index is 11.7. The average Bonchev–Trinajstić information content (AvgIpc) is 2.47. The SMILES string of the molecule is COC(COP(=O)(O)OC(C)C)CC(C)N(C)/C=C\C(=O)NC=O. The van der Waals surface area contributed by atoms with Gasteiger partial charge in [-0.2, -0.15) is 0 Å². The minimum absolute atomic E-state index is 0.0528. The first-order chi connectivity index (χ1) is 11.1. The first kappa shape index (κ1) is 22.8. The number of imide groups is 1. The average molecular weight is 366 g/mol. The predicted octanol–water partition coefficient (Wildman–Crippen LogP) is 1.04. The van der Waals surface area contributed by atoms with Crippen molar-refractivity contribution in [3.63, 3.8) is 0 Å². The highest BCUT2D eigenvalue weighted by Gasteiger charge is 2.25. The molecular formula is C14H27N2O7P. The second-order valence-electron chi connectivity index (χ2n) is 5.47. The topological polar surface area (TPSA) is 114 Å². The van der Waals surface area contributed by atoms with Crippen molar-refractivity contribution in [2.24, 2.45) is 0 Å². The molecule has 0 spiro atoms. The van der Waals surface area contributed by atoms with Crippen LogP contribution in [0.2, 0.25) is 0 Å². The van der Waals surface area contributed by atoms with E-state index in [2.05, 4.69) is 0 Å². The van der Waals surface area contributed by atoms with Crippen molar-refractivity contribution < 1.29 is 32.8 Å². The zero-order valence-electron chi connectivity index (χ0n) is 14.7. The van der Waals surface area contributed by atoms with Gasteiger partial charge in [0, 0.05) is 32.5 Å². The first-order valence-corrected chi connectivity index (χ1v) is 8.93. The minimum Gasteiger partial charge on any atom is -0.379 e. The van der Waals surface area contributed by atoms with E-state index in [9.17, 15) is 19.0 Å². The van der Waals surface area contributed by atoms with E-state index in [0.29, 0.717) is 12.8 Å². The van der Waals surface area contributed by atoms with Gasteiger partial charge < -0.3 is 14.5 Å². The molecule has 3 atom stereocenters. The van der Waals surface area contributed by atoms with Gasteiger partial charge in [0.05, 0.1) is 18.8 Å². The molecule has 2 N–H and O–H groups in total. The predicted molar refractivity (Wildman–Crippen MR) is 88.0 cm³/mol. The van der Waals surface area contributed by atoms with Gasteiger partial charge in [-0.15, -0.1) is 0 Å². The summed E-state index contributed by atoms with van der Waals surface area (Å²) in [5.41, 5.74) is 0. The zero-order chi connectivity index (χ0) is 18.8. The molecule has 0 aromatic carbocycles. The van der Waals surface area contributed by atoms with Crippen molar-refractivity contribution in [2.75, 3.05) is 20.8 Å². The van der Waals surface area contributed by atoms with Crippen LogP contribution in [0.3, 0.4) is 0 Å². The number of nitrogens with zero attached hydrogens (tertiary/aromatic N) is 1. The molecule has 0 aliphatic heterocycles.